The largest absolute Gasteiger partial charge is 0.267 e. The predicted molar refractivity (Wildman–Crippen MR) is 38.3 cm³/mol. The van der Waals surface area contributed by atoms with E-state index in [4.69, 9.17) is 11.6 Å². The van der Waals surface area contributed by atoms with E-state index in [0.717, 1.165) is 11.1 Å². The van der Waals surface area contributed by atoms with Crippen molar-refractivity contribution in [2.24, 2.45) is 0 Å². The molecule has 48 valence electrons. The Balaban J connectivity index is 3.08. The normalized spacial score (nSPS) is 9.56. The number of allylic oxidation sites excluding steroid dienone is 1. The molecule has 1 aromatic rings. The number of nitrogens with one attached hydrogen (secondary N) is 1. The summed E-state index contributed by atoms with van der Waals surface area (Å²) in [5.41, 5.74) is 1.81. The highest BCUT2D eigenvalue weighted by Crippen LogP contribution is 2.18. The van der Waals surface area contributed by atoms with E-state index in [-0.39, 0.29) is 0 Å². The van der Waals surface area contributed by atoms with Gasteiger partial charge in [-0.3, -0.25) is 5.10 Å². The fraction of sp³-hybridized carbons (Fsp3) is 0.167. The van der Waals surface area contributed by atoms with Crippen molar-refractivity contribution in [1.29, 1.82) is 0 Å². The summed E-state index contributed by atoms with van der Waals surface area (Å²) in [7, 11) is 0. The van der Waals surface area contributed by atoms with Gasteiger partial charge in [0.15, 0.2) is 0 Å². The van der Waals surface area contributed by atoms with E-state index >= 15 is 0 Å². The van der Waals surface area contributed by atoms with Crippen LogP contribution in [0.4, 0.5) is 0 Å². The highest BCUT2D eigenvalue weighted by molar-refractivity contribution is 6.31. The zero-order chi connectivity index (χ0) is 6.85. The number of halogens is 1. The average Bonchev–Trinajstić information content (AvgIpc) is 2.13. The van der Waals surface area contributed by atoms with Crippen LogP contribution in [0.25, 0.3) is 5.57 Å². The van der Waals surface area contributed by atoms with Crippen LogP contribution < -0.4 is 0 Å². The molecule has 1 aromatic heterocycles. The number of hydrogen-bond acceptors (Lipinski definition) is 1. The molecule has 0 aliphatic rings. The van der Waals surface area contributed by atoms with Gasteiger partial charge in [-0.05, 0) is 12.5 Å². The van der Waals surface area contributed by atoms with Crippen LogP contribution in [0.3, 0.4) is 0 Å². The molecule has 0 unspecified atom stereocenters. The smallest absolute Gasteiger partial charge is 0.131 e. The van der Waals surface area contributed by atoms with Crippen LogP contribution >= 0.6 is 11.6 Å². The van der Waals surface area contributed by atoms with Crippen LogP contribution in [0.2, 0.25) is 5.15 Å². The molecular weight excluding hydrogens is 136 g/mol. The van der Waals surface area contributed by atoms with Crippen LogP contribution in [-0.2, 0) is 0 Å². The van der Waals surface area contributed by atoms with Gasteiger partial charge in [0.05, 0.1) is 6.20 Å². The maximum Gasteiger partial charge on any atom is 0.131 e. The molecule has 0 radical (unpaired) electrons. The summed E-state index contributed by atoms with van der Waals surface area (Å²) in [5.74, 6) is 0. The summed E-state index contributed by atoms with van der Waals surface area (Å²) in [5, 5.41) is 6.89. The second-order valence-corrected chi connectivity index (χ2v) is 2.26. The van der Waals surface area contributed by atoms with E-state index < -0.39 is 0 Å². The number of rotatable bonds is 1. The first kappa shape index (κ1) is 6.36. The van der Waals surface area contributed by atoms with Crippen LogP contribution in [0.5, 0.6) is 0 Å². The molecule has 1 heterocycles. The Bertz CT molecular complexity index is 227. The van der Waals surface area contributed by atoms with E-state index in [0.29, 0.717) is 5.15 Å². The van der Waals surface area contributed by atoms with Crippen LogP contribution in [0.1, 0.15) is 12.5 Å². The lowest BCUT2D eigenvalue weighted by Crippen LogP contribution is -1.71. The molecule has 0 fully saturated rings. The highest BCUT2D eigenvalue weighted by Gasteiger charge is 1.99. The number of aromatic amines is 1. The average molecular weight is 143 g/mol. The quantitative estimate of drug-likeness (QED) is 0.639. The molecule has 0 saturated carbocycles. The minimum absolute atomic E-state index is 0.558. The molecule has 0 bridgehead atoms. The summed E-state index contributed by atoms with van der Waals surface area (Å²) < 4.78 is 0. The summed E-state index contributed by atoms with van der Waals surface area (Å²) in [6.07, 6.45) is 1.66. The van der Waals surface area contributed by atoms with E-state index in [9.17, 15) is 0 Å². The number of aromatic nitrogens is 2. The first-order chi connectivity index (χ1) is 4.22. The molecule has 0 atom stereocenters. The van der Waals surface area contributed by atoms with Crippen molar-refractivity contribution < 1.29 is 0 Å². The van der Waals surface area contributed by atoms with Crippen LogP contribution in [-0.4, -0.2) is 10.2 Å². The lowest BCUT2D eigenvalue weighted by molar-refractivity contribution is 1.09. The second kappa shape index (κ2) is 2.23. The minimum atomic E-state index is 0.558. The Morgan fingerprint density at radius 1 is 1.89 bits per heavy atom. The molecule has 0 saturated heterocycles. The lowest BCUT2D eigenvalue weighted by atomic mass is 10.2. The Morgan fingerprint density at radius 3 is 2.78 bits per heavy atom. The van der Waals surface area contributed by atoms with Gasteiger partial charge in [-0.25, -0.2) is 0 Å². The molecule has 0 aliphatic carbocycles. The summed E-state index contributed by atoms with van der Waals surface area (Å²) in [6, 6.07) is 0. The third-order valence-electron chi connectivity index (χ3n) is 1.05. The van der Waals surface area contributed by atoms with Gasteiger partial charge in [0, 0.05) is 5.56 Å². The fourth-order valence-electron chi connectivity index (χ4n) is 0.568. The lowest BCUT2D eigenvalue weighted by Gasteiger charge is -1.90. The molecule has 0 aromatic carbocycles. The van der Waals surface area contributed by atoms with Gasteiger partial charge in [-0.15, -0.1) is 0 Å². The maximum atomic E-state index is 5.66. The van der Waals surface area contributed by atoms with Crippen molar-refractivity contribution in [2.75, 3.05) is 0 Å². The first-order valence-electron chi connectivity index (χ1n) is 2.56. The van der Waals surface area contributed by atoms with Crippen molar-refractivity contribution >= 4 is 17.2 Å². The van der Waals surface area contributed by atoms with Gasteiger partial charge < -0.3 is 0 Å². The zero-order valence-electron chi connectivity index (χ0n) is 5.11. The van der Waals surface area contributed by atoms with Crippen LogP contribution in [0, 0.1) is 0 Å². The summed E-state index contributed by atoms with van der Waals surface area (Å²) >= 11 is 5.66. The van der Waals surface area contributed by atoms with Gasteiger partial charge in [0.25, 0.3) is 0 Å². The van der Waals surface area contributed by atoms with Crippen molar-refractivity contribution in [3.8, 4) is 0 Å². The summed E-state index contributed by atoms with van der Waals surface area (Å²) in [4.78, 5) is 0. The number of H-pyrrole nitrogens is 1. The van der Waals surface area contributed by atoms with Gasteiger partial charge in [0.1, 0.15) is 5.15 Å². The Hall–Kier alpha value is -0.760. The standard InChI is InChI=1S/C6H7ClN2/c1-4(2)5-3-8-9-6(5)7/h3H,1H2,2H3,(H,8,9). The van der Waals surface area contributed by atoms with Gasteiger partial charge in [0.2, 0.25) is 0 Å². The molecule has 3 heteroatoms. The van der Waals surface area contributed by atoms with Gasteiger partial charge >= 0.3 is 0 Å². The van der Waals surface area contributed by atoms with E-state index in [1.54, 1.807) is 6.20 Å². The van der Waals surface area contributed by atoms with Crippen molar-refractivity contribution in [1.82, 2.24) is 10.2 Å². The Kier molecular flexibility index (Phi) is 1.58. The molecule has 1 rings (SSSR count). The van der Waals surface area contributed by atoms with Crippen LogP contribution in [0.15, 0.2) is 12.8 Å². The molecule has 1 N–H and O–H groups in total. The van der Waals surface area contributed by atoms with Crippen molar-refractivity contribution in [3.63, 3.8) is 0 Å². The third kappa shape index (κ3) is 1.13. The number of hydrogen-bond donors (Lipinski definition) is 1. The third-order valence-corrected chi connectivity index (χ3v) is 1.34. The van der Waals surface area contributed by atoms with Crippen molar-refractivity contribution in [2.45, 2.75) is 6.92 Å². The van der Waals surface area contributed by atoms with E-state index in [1.165, 1.54) is 0 Å². The SMILES string of the molecule is C=C(C)c1cn[nH]c1Cl. The topological polar surface area (TPSA) is 28.7 Å². The van der Waals surface area contributed by atoms with E-state index in [2.05, 4.69) is 16.8 Å². The molecule has 0 spiro atoms. The highest BCUT2D eigenvalue weighted by atomic mass is 35.5. The maximum absolute atomic E-state index is 5.66. The van der Waals surface area contributed by atoms with Gasteiger partial charge in [-0.1, -0.05) is 18.2 Å². The monoisotopic (exact) mass is 142 g/mol. The molecule has 2 nitrogen and oxygen atoms in total. The molecule has 0 aliphatic heterocycles. The molecule has 0 amide bonds. The van der Waals surface area contributed by atoms with Gasteiger partial charge in [-0.2, -0.15) is 5.10 Å². The molecule has 9 heavy (non-hydrogen) atoms. The van der Waals surface area contributed by atoms with E-state index in [1.807, 2.05) is 6.92 Å². The summed E-state index contributed by atoms with van der Waals surface area (Å²) in [6.45, 7) is 5.60. The fourth-order valence-corrected chi connectivity index (χ4v) is 0.827. The second-order valence-electron chi connectivity index (χ2n) is 1.88. The number of nitrogens with zero attached hydrogens (tertiary/aromatic N) is 1. The zero-order valence-corrected chi connectivity index (χ0v) is 5.87. The first-order valence-corrected chi connectivity index (χ1v) is 2.94. The Labute approximate surface area is 58.5 Å². The molecular formula is C6H7ClN2. The minimum Gasteiger partial charge on any atom is -0.267 e. The van der Waals surface area contributed by atoms with Crippen molar-refractivity contribution in [3.05, 3.63) is 23.5 Å². The predicted octanol–water partition coefficient (Wildman–Crippen LogP) is 2.10. The Morgan fingerprint density at radius 2 is 2.56 bits per heavy atom.